The first-order valence-electron chi connectivity index (χ1n) is 8.88. The molecule has 3 heterocycles. The quantitative estimate of drug-likeness (QED) is 0.513. The number of anilines is 1. The average molecular weight is 427 g/mol. The molecule has 0 spiro atoms. The number of aromatic nitrogens is 4. The maximum Gasteiger partial charge on any atom is 0.270 e. The molecule has 0 saturated carbocycles. The lowest BCUT2D eigenvalue weighted by molar-refractivity contribution is 0.0827. The Morgan fingerprint density at radius 3 is 2.60 bits per heavy atom. The van der Waals surface area contributed by atoms with Crippen molar-refractivity contribution in [3.63, 3.8) is 0 Å². The number of nitrogens with two attached hydrogens (primary N) is 1. The number of thiophene rings is 1. The van der Waals surface area contributed by atoms with Gasteiger partial charge in [-0.2, -0.15) is 0 Å². The van der Waals surface area contributed by atoms with Gasteiger partial charge in [0.15, 0.2) is 11.5 Å². The third-order valence-electron chi connectivity index (χ3n) is 4.31. The lowest BCUT2D eigenvalue weighted by Gasteiger charge is -2.10. The van der Waals surface area contributed by atoms with E-state index < -0.39 is 0 Å². The first-order valence-corrected chi connectivity index (χ1v) is 9.76. The summed E-state index contributed by atoms with van der Waals surface area (Å²) in [6.07, 6.45) is 1.56. The van der Waals surface area contributed by atoms with Crippen molar-refractivity contribution in [1.29, 1.82) is 0 Å². The highest BCUT2D eigenvalue weighted by molar-refractivity contribution is 7.13. The van der Waals surface area contributed by atoms with Crippen LogP contribution in [0.25, 0.3) is 33.6 Å². The Labute approximate surface area is 179 Å². The molecule has 0 bridgehead atoms. The summed E-state index contributed by atoms with van der Waals surface area (Å²) in [6, 6.07) is 8.91. The Morgan fingerprint density at radius 2 is 1.90 bits per heavy atom. The number of ether oxygens (including phenoxy) is 1. The van der Waals surface area contributed by atoms with Crippen LogP contribution in [0.15, 0.2) is 46.3 Å². The Morgan fingerprint density at radius 1 is 1.17 bits per heavy atom. The lowest BCUT2D eigenvalue weighted by Crippen LogP contribution is -2.21. The second kappa shape index (κ2) is 7.91. The fourth-order valence-electron chi connectivity index (χ4n) is 2.76. The van der Waals surface area contributed by atoms with Crippen molar-refractivity contribution in [2.24, 2.45) is 0 Å². The van der Waals surface area contributed by atoms with Crippen LogP contribution in [0.1, 0.15) is 13.2 Å². The van der Waals surface area contributed by atoms with E-state index in [1.54, 1.807) is 51.7 Å². The summed E-state index contributed by atoms with van der Waals surface area (Å²) >= 11 is 1.43. The zero-order valence-corrected chi connectivity index (χ0v) is 17.3. The zero-order valence-electron chi connectivity index (χ0n) is 16.5. The van der Waals surface area contributed by atoms with Gasteiger partial charge in [-0.05, 0) is 23.6 Å². The molecule has 1 amide bonds. The molecule has 2 N–H and O–H groups in total. The summed E-state index contributed by atoms with van der Waals surface area (Å²) < 4.78 is 11.1. The first-order chi connectivity index (χ1) is 14.5. The molecule has 1 aromatic carbocycles. The number of nitrogen functional groups attached to an aromatic ring is 1. The molecule has 0 aliphatic heterocycles. The summed E-state index contributed by atoms with van der Waals surface area (Å²) in [5, 5.41) is 10.0. The van der Waals surface area contributed by atoms with E-state index >= 15 is 0 Å². The number of hydrogen-bond donors (Lipinski definition) is 1. The molecule has 156 valence electrons. The van der Waals surface area contributed by atoms with Crippen molar-refractivity contribution in [3.8, 4) is 39.4 Å². The molecule has 0 aliphatic carbocycles. The summed E-state index contributed by atoms with van der Waals surface area (Å²) in [7, 11) is 4.99. The molecular weight excluding hydrogens is 404 g/mol. The van der Waals surface area contributed by atoms with Crippen molar-refractivity contribution in [1.82, 2.24) is 25.1 Å². The molecule has 30 heavy (non-hydrogen) atoms. The van der Waals surface area contributed by atoms with Crippen LogP contribution in [-0.2, 0) is 0 Å². The molecule has 0 unspecified atom stereocenters. The van der Waals surface area contributed by atoms with Crippen LogP contribution in [0.4, 0.5) is 5.82 Å². The molecule has 0 radical (unpaired) electrons. The van der Waals surface area contributed by atoms with Gasteiger partial charge in [0.25, 0.3) is 17.7 Å². The standard InChI is InChI=1S/C20H18N6O3S.2H2/c1-26(2)20(27)12-6-4-11(5-7-12)13-10-22-17(21)15(23-13)18-24-25-19(29-18)16-14(28-3)8-9-30-16;;/h4-10H,1-3H3,(H2,21,22);2*1H. The van der Waals surface area contributed by atoms with Gasteiger partial charge in [0.1, 0.15) is 10.6 Å². The van der Waals surface area contributed by atoms with E-state index in [9.17, 15) is 4.79 Å². The van der Waals surface area contributed by atoms with Gasteiger partial charge in [-0.15, -0.1) is 21.5 Å². The fraction of sp³-hybridized carbons (Fsp3) is 0.150. The number of benzene rings is 1. The molecule has 10 heteroatoms. The SMILES string of the molecule is COc1ccsc1-c1nnc(-c2nc(-c3ccc(C(=O)N(C)C)cc3)cnc2N)o1.[HH].[HH]. The van der Waals surface area contributed by atoms with Crippen LogP contribution < -0.4 is 10.5 Å². The third-order valence-corrected chi connectivity index (χ3v) is 5.19. The van der Waals surface area contributed by atoms with Crippen LogP contribution >= 0.6 is 11.3 Å². The fourth-order valence-corrected chi connectivity index (χ4v) is 3.54. The van der Waals surface area contributed by atoms with Crippen molar-refractivity contribution in [2.75, 3.05) is 26.9 Å². The summed E-state index contributed by atoms with van der Waals surface area (Å²) in [5.41, 5.74) is 8.22. The highest BCUT2D eigenvalue weighted by Gasteiger charge is 2.19. The van der Waals surface area contributed by atoms with Gasteiger partial charge in [-0.25, -0.2) is 9.97 Å². The molecule has 4 rings (SSSR count). The monoisotopic (exact) mass is 426 g/mol. The number of nitrogens with zero attached hydrogens (tertiary/aromatic N) is 5. The number of methoxy groups -OCH3 is 1. The van der Waals surface area contributed by atoms with E-state index in [4.69, 9.17) is 14.9 Å². The van der Waals surface area contributed by atoms with Crippen molar-refractivity contribution < 1.29 is 16.8 Å². The van der Waals surface area contributed by atoms with Crippen molar-refractivity contribution in [2.45, 2.75) is 0 Å². The van der Waals surface area contributed by atoms with Gasteiger partial charge in [-0.1, -0.05) is 12.1 Å². The normalized spacial score (nSPS) is 10.8. The Kier molecular flexibility index (Phi) is 5.15. The van der Waals surface area contributed by atoms with Crippen LogP contribution in [0, 0.1) is 0 Å². The van der Waals surface area contributed by atoms with Gasteiger partial charge in [0.05, 0.1) is 19.0 Å². The number of amides is 1. The Balaban J connectivity index is 0.00000181. The van der Waals surface area contributed by atoms with Crippen molar-refractivity contribution in [3.05, 3.63) is 47.5 Å². The molecule has 3 aromatic heterocycles. The Bertz CT molecular complexity index is 1210. The Hall–Kier alpha value is -3.79. The first kappa shape index (κ1) is 19.5. The zero-order chi connectivity index (χ0) is 21.3. The number of carbonyl (C=O) groups excluding carboxylic acids is 1. The maximum atomic E-state index is 12.1. The highest BCUT2D eigenvalue weighted by Crippen LogP contribution is 2.36. The van der Waals surface area contributed by atoms with E-state index in [2.05, 4.69) is 20.2 Å². The van der Waals surface area contributed by atoms with Gasteiger partial charge < -0.3 is 19.8 Å². The number of hydrogen-bond acceptors (Lipinski definition) is 9. The summed E-state index contributed by atoms with van der Waals surface area (Å²) in [6.45, 7) is 0. The van der Waals surface area contributed by atoms with E-state index in [1.165, 1.54) is 16.2 Å². The van der Waals surface area contributed by atoms with E-state index in [0.717, 1.165) is 10.4 Å². The second-order valence-electron chi connectivity index (χ2n) is 6.50. The number of carbonyl (C=O) groups is 1. The minimum Gasteiger partial charge on any atom is -0.495 e. The maximum absolute atomic E-state index is 12.1. The lowest BCUT2D eigenvalue weighted by atomic mass is 10.1. The summed E-state index contributed by atoms with van der Waals surface area (Å²) in [5.74, 6) is 1.22. The molecule has 9 nitrogen and oxygen atoms in total. The largest absolute Gasteiger partial charge is 0.495 e. The molecular formula is C20H22N6O3S. The molecule has 0 atom stereocenters. The molecule has 0 aliphatic rings. The molecule has 0 fully saturated rings. The van der Waals surface area contributed by atoms with Crippen LogP contribution in [-0.4, -0.2) is 52.2 Å². The topological polar surface area (TPSA) is 120 Å². The van der Waals surface area contributed by atoms with E-state index in [0.29, 0.717) is 22.9 Å². The van der Waals surface area contributed by atoms with Crippen LogP contribution in [0.5, 0.6) is 5.75 Å². The van der Waals surface area contributed by atoms with Gasteiger partial charge in [0, 0.05) is 28.1 Å². The van der Waals surface area contributed by atoms with E-state index in [-0.39, 0.29) is 26.2 Å². The number of rotatable bonds is 5. The predicted octanol–water partition coefficient (Wildman–Crippen LogP) is 3.71. The highest BCUT2D eigenvalue weighted by atomic mass is 32.1. The minimum atomic E-state index is -0.0759. The minimum absolute atomic E-state index is 0. The third kappa shape index (κ3) is 3.60. The average Bonchev–Trinajstić information content (AvgIpc) is 3.42. The van der Waals surface area contributed by atoms with E-state index in [1.807, 2.05) is 11.4 Å². The molecule has 4 aromatic rings. The smallest absolute Gasteiger partial charge is 0.270 e. The molecule has 0 saturated heterocycles. The van der Waals surface area contributed by atoms with Crippen LogP contribution in [0.2, 0.25) is 0 Å². The second-order valence-corrected chi connectivity index (χ2v) is 7.41. The summed E-state index contributed by atoms with van der Waals surface area (Å²) in [4.78, 5) is 23.1. The van der Waals surface area contributed by atoms with Gasteiger partial charge in [-0.3, -0.25) is 4.79 Å². The van der Waals surface area contributed by atoms with Crippen molar-refractivity contribution >= 4 is 23.1 Å². The van der Waals surface area contributed by atoms with Gasteiger partial charge >= 0.3 is 0 Å². The van der Waals surface area contributed by atoms with Crippen LogP contribution in [0.3, 0.4) is 0 Å². The van der Waals surface area contributed by atoms with Gasteiger partial charge in [0.2, 0.25) is 0 Å². The predicted molar refractivity (Wildman–Crippen MR) is 117 cm³/mol.